The third-order valence-corrected chi connectivity index (χ3v) is 4.57. The highest BCUT2D eigenvalue weighted by atomic mass is 16.5. The van der Waals surface area contributed by atoms with Gasteiger partial charge in [-0.15, -0.1) is 0 Å². The molecule has 140 valence electrons. The zero-order valence-corrected chi connectivity index (χ0v) is 15.1. The molecule has 1 aliphatic rings. The standard InChI is InChI=1S/C19H26N4O3/c1-25-17-6-2-3-7-18(17)26-13-19(24)21-9-15-5-4-8-23(11-15)12-16-10-20-14-22-16/h2-3,6-7,10,14-15H,4-5,8-9,11-13H2,1H3,(H,20,22)(H,21,24)/t15-/m0/s1. The average Bonchev–Trinajstić information content (AvgIpc) is 3.18. The second-order valence-electron chi connectivity index (χ2n) is 6.56. The zero-order chi connectivity index (χ0) is 18.2. The van der Waals surface area contributed by atoms with Gasteiger partial charge in [0.25, 0.3) is 5.91 Å². The Morgan fingerprint density at radius 3 is 3.00 bits per heavy atom. The van der Waals surface area contributed by atoms with Crippen LogP contribution in [0, 0.1) is 5.92 Å². The summed E-state index contributed by atoms with van der Waals surface area (Å²) in [6, 6.07) is 7.32. The first-order valence-electron chi connectivity index (χ1n) is 8.96. The predicted molar refractivity (Wildman–Crippen MR) is 98.1 cm³/mol. The highest BCUT2D eigenvalue weighted by molar-refractivity contribution is 5.77. The molecule has 2 N–H and O–H groups in total. The SMILES string of the molecule is COc1ccccc1OCC(=O)NC[C@@H]1CCCN(Cc2cnc[nH]2)C1. The van der Waals surface area contributed by atoms with Crippen LogP contribution in [0.3, 0.4) is 0 Å². The van der Waals surface area contributed by atoms with Crippen molar-refractivity contribution in [3.63, 3.8) is 0 Å². The van der Waals surface area contributed by atoms with Gasteiger partial charge in [0.05, 0.1) is 13.4 Å². The van der Waals surface area contributed by atoms with E-state index >= 15 is 0 Å². The molecule has 26 heavy (non-hydrogen) atoms. The van der Waals surface area contributed by atoms with Crippen LogP contribution in [0.15, 0.2) is 36.8 Å². The lowest BCUT2D eigenvalue weighted by molar-refractivity contribution is -0.123. The van der Waals surface area contributed by atoms with Gasteiger partial charge in [-0.3, -0.25) is 9.69 Å². The Kier molecular flexibility index (Phi) is 6.49. The van der Waals surface area contributed by atoms with Crippen molar-refractivity contribution in [1.29, 1.82) is 0 Å². The first-order chi connectivity index (χ1) is 12.7. The van der Waals surface area contributed by atoms with Gasteiger partial charge in [0.2, 0.25) is 0 Å². The molecule has 0 saturated carbocycles. The minimum atomic E-state index is -0.110. The van der Waals surface area contributed by atoms with Crippen molar-refractivity contribution in [3.05, 3.63) is 42.5 Å². The number of rotatable bonds is 8. The van der Waals surface area contributed by atoms with E-state index in [1.54, 1.807) is 19.5 Å². The summed E-state index contributed by atoms with van der Waals surface area (Å²) in [5.41, 5.74) is 1.12. The van der Waals surface area contributed by atoms with Crippen molar-refractivity contribution in [2.24, 2.45) is 5.92 Å². The second kappa shape index (κ2) is 9.24. The second-order valence-corrected chi connectivity index (χ2v) is 6.56. The first kappa shape index (κ1) is 18.3. The smallest absolute Gasteiger partial charge is 0.257 e. The van der Waals surface area contributed by atoms with Crippen LogP contribution in [0.5, 0.6) is 11.5 Å². The number of likely N-dealkylation sites (tertiary alicyclic amines) is 1. The number of methoxy groups -OCH3 is 1. The number of imidazole rings is 1. The maximum absolute atomic E-state index is 12.1. The molecule has 0 bridgehead atoms. The van der Waals surface area contributed by atoms with Gasteiger partial charge in [-0.2, -0.15) is 0 Å². The van der Waals surface area contributed by atoms with Crippen molar-refractivity contribution in [3.8, 4) is 11.5 Å². The number of ether oxygens (including phenoxy) is 2. The fourth-order valence-corrected chi connectivity index (χ4v) is 3.26. The molecule has 0 spiro atoms. The summed E-state index contributed by atoms with van der Waals surface area (Å²) in [5, 5.41) is 2.99. The molecular weight excluding hydrogens is 332 g/mol. The number of carbonyl (C=O) groups is 1. The van der Waals surface area contributed by atoms with Gasteiger partial charge >= 0.3 is 0 Å². The molecule has 1 fully saturated rings. The fraction of sp³-hybridized carbons (Fsp3) is 0.474. The summed E-state index contributed by atoms with van der Waals surface area (Å²) in [4.78, 5) is 21.7. The number of aromatic nitrogens is 2. The van der Waals surface area contributed by atoms with Gasteiger partial charge in [-0.1, -0.05) is 12.1 Å². The molecule has 2 aromatic rings. The number of para-hydroxylation sites is 2. The van der Waals surface area contributed by atoms with Crippen LogP contribution in [0.1, 0.15) is 18.5 Å². The van der Waals surface area contributed by atoms with Crippen LogP contribution in [0.4, 0.5) is 0 Å². The van der Waals surface area contributed by atoms with Gasteiger partial charge in [-0.05, 0) is 37.4 Å². The van der Waals surface area contributed by atoms with E-state index in [4.69, 9.17) is 9.47 Å². The lowest BCUT2D eigenvalue weighted by Gasteiger charge is -2.32. The van der Waals surface area contributed by atoms with Crippen LogP contribution in [-0.2, 0) is 11.3 Å². The van der Waals surface area contributed by atoms with E-state index in [0.29, 0.717) is 24.0 Å². The molecule has 7 heteroatoms. The van der Waals surface area contributed by atoms with Crippen LogP contribution in [0.25, 0.3) is 0 Å². The molecule has 1 aromatic carbocycles. The van der Waals surface area contributed by atoms with Crippen molar-refractivity contribution < 1.29 is 14.3 Å². The highest BCUT2D eigenvalue weighted by Crippen LogP contribution is 2.25. The molecule has 1 aromatic heterocycles. The van der Waals surface area contributed by atoms with Crippen LogP contribution >= 0.6 is 0 Å². The molecule has 3 rings (SSSR count). The van der Waals surface area contributed by atoms with E-state index in [1.807, 2.05) is 24.4 Å². The summed E-state index contributed by atoms with van der Waals surface area (Å²) in [6.45, 7) is 3.60. The Balaban J connectivity index is 1.39. The number of nitrogens with zero attached hydrogens (tertiary/aromatic N) is 2. The molecule has 1 saturated heterocycles. The molecule has 0 unspecified atom stereocenters. The van der Waals surface area contributed by atoms with E-state index in [1.165, 1.54) is 0 Å². The summed E-state index contributed by atoms with van der Waals surface area (Å²) in [6.07, 6.45) is 5.85. The van der Waals surface area contributed by atoms with Crippen LogP contribution in [0.2, 0.25) is 0 Å². The highest BCUT2D eigenvalue weighted by Gasteiger charge is 2.21. The molecular formula is C19H26N4O3. The molecule has 0 aliphatic carbocycles. The zero-order valence-electron chi connectivity index (χ0n) is 15.1. The lowest BCUT2D eigenvalue weighted by Crippen LogP contribution is -2.41. The number of carbonyl (C=O) groups excluding carboxylic acids is 1. The van der Waals surface area contributed by atoms with E-state index in [9.17, 15) is 4.79 Å². The number of hydrogen-bond acceptors (Lipinski definition) is 5. The van der Waals surface area contributed by atoms with Gasteiger partial charge < -0.3 is 19.8 Å². The first-order valence-corrected chi connectivity index (χ1v) is 8.96. The van der Waals surface area contributed by atoms with E-state index in [2.05, 4.69) is 20.2 Å². The monoisotopic (exact) mass is 358 g/mol. The number of amides is 1. The van der Waals surface area contributed by atoms with Gasteiger partial charge in [0.15, 0.2) is 18.1 Å². The maximum Gasteiger partial charge on any atom is 0.257 e. The number of H-pyrrole nitrogens is 1. The minimum absolute atomic E-state index is 0.00898. The quantitative estimate of drug-likeness (QED) is 0.753. The van der Waals surface area contributed by atoms with E-state index in [0.717, 1.165) is 38.2 Å². The lowest BCUT2D eigenvalue weighted by atomic mass is 9.98. The summed E-state index contributed by atoms with van der Waals surface area (Å²) < 4.78 is 10.8. The predicted octanol–water partition coefficient (Wildman–Crippen LogP) is 1.83. The number of piperidine rings is 1. The Labute approximate surface area is 153 Å². The largest absolute Gasteiger partial charge is 0.493 e. The molecule has 1 amide bonds. The van der Waals surface area contributed by atoms with Crippen molar-refractivity contribution >= 4 is 5.91 Å². The summed E-state index contributed by atoms with van der Waals surface area (Å²) in [7, 11) is 1.58. The van der Waals surface area contributed by atoms with E-state index < -0.39 is 0 Å². The fourth-order valence-electron chi connectivity index (χ4n) is 3.26. The number of aromatic amines is 1. The minimum Gasteiger partial charge on any atom is -0.493 e. The van der Waals surface area contributed by atoms with Crippen LogP contribution in [-0.4, -0.2) is 54.1 Å². The average molecular weight is 358 g/mol. The van der Waals surface area contributed by atoms with Crippen molar-refractivity contribution in [2.45, 2.75) is 19.4 Å². The van der Waals surface area contributed by atoms with E-state index in [-0.39, 0.29) is 12.5 Å². The van der Waals surface area contributed by atoms with Gasteiger partial charge in [0.1, 0.15) is 0 Å². The van der Waals surface area contributed by atoms with Crippen LogP contribution < -0.4 is 14.8 Å². The summed E-state index contributed by atoms with van der Waals surface area (Å²) >= 11 is 0. The maximum atomic E-state index is 12.1. The Morgan fingerprint density at radius 1 is 1.38 bits per heavy atom. The Morgan fingerprint density at radius 2 is 2.23 bits per heavy atom. The molecule has 7 nitrogen and oxygen atoms in total. The normalized spacial score (nSPS) is 17.7. The number of hydrogen-bond donors (Lipinski definition) is 2. The van der Waals surface area contributed by atoms with Gasteiger partial charge in [0, 0.05) is 31.5 Å². The number of benzene rings is 1. The topological polar surface area (TPSA) is 79.5 Å². The Hall–Kier alpha value is -2.54. The summed E-state index contributed by atoms with van der Waals surface area (Å²) in [5.74, 6) is 1.55. The van der Waals surface area contributed by atoms with Gasteiger partial charge in [-0.25, -0.2) is 4.98 Å². The molecule has 1 atom stereocenters. The van der Waals surface area contributed by atoms with Crippen molar-refractivity contribution in [2.75, 3.05) is 33.4 Å². The Bertz CT molecular complexity index is 690. The molecule has 1 aliphatic heterocycles. The van der Waals surface area contributed by atoms with Crippen molar-refractivity contribution in [1.82, 2.24) is 20.2 Å². The molecule has 0 radical (unpaired) electrons. The third-order valence-electron chi connectivity index (χ3n) is 4.57. The third kappa shape index (κ3) is 5.23. The molecule has 2 heterocycles. The number of nitrogens with one attached hydrogen (secondary N) is 2.